The third-order valence-corrected chi connectivity index (χ3v) is 8.33. The van der Waals surface area contributed by atoms with Crippen LogP contribution in [0.25, 0.3) is 11.4 Å². The van der Waals surface area contributed by atoms with Crippen molar-refractivity contribution in [3.8, 4) is 11.4 Å². The van der Waals surface area contributed by atoms with Crippen LogP contribution in [0.1, 0.15) is 18.9 Å². The van der Waals surface area contributed by atoms with Gasteiger partial charge in [-0.05, 0) is 31.6 Å². The van der Waals surface area contributed by atoms with Gasteiger partial charge in [-0.3, -0.25) is 9.69 Å². The number of rotatable bonds is 8. The number of thioether (sulfide) groups is 2. The van der Waals surface area contributed by atoms with E-state index in [0.717, 1.165) is 67.3 Å². The second-order valence-corrected chi connectivity index (χ2v) is 10.1. The molecule has 4 rings (SSSR count). The Labute approximate surface area is 192 Å². The zero-order valence-corrected chi connectivity index (χ0v) is 19.9. The van der Waals surface area contributed by atoms with Crippen molar-refractivity contribution >= 4 is 29.4 Å². The van der Waals surface area contributed by atoms with Crippen LogP contribution in [-0.2, 0) is 16.1 Å². The molecule has 2 aliphatic heterocycles. The number of aryl methyl sites for hydroxylation is 1. The molecule has 0 radical (unpaired) electrons. The molecule has 168 valence electrons. The molecule has 1 amide bonds. The van der Waals surface area contributed by atoms with Gasteiger partial charge in [0.25, 0.3) is 0 Å². The van der Waals surface area contributed by atoms with Crippen molar-refractivity contribution in [2.75, 3.05) is 50.1 Å². The van der Waals surface area contributed by atoms with E-state index in [0.29, 0.717) is 12.3 Å². The number of hydrogen-bond donors (Lipinski definition) is 1. The first kappa shape index (κ1) is 22.6. The van der Waals surface area contributed by atoms with Crippen molar-refractivity contribution in [1.29, 1.82) is 0 Å². The maximum Gasteiger partial charge on any atom is 0.230 e. The highest BCUT2D eigenvalue weighted by atomic mass is 32.2. The fourth-order valence-corrected chi connectivity index (χ4v) is 6.59. The zero-order chi connectivity index (χ0) is 21.7. The van der Waals surface area contributed by atoms with Crippen LogP contribution in [0, 0.1) is 6.92 Å². The van der Waals surface area contributed by atoms with E-state index in [-0.39, 0.29) is 11.4 Å². The number of aromatic nitrogens is 3. The Balaban J connectivity index is 1.36. The van der Waals surface area contributed by atoms with Gasteiger partial charge in [-0.25, -0.2) is 0 Å². The van der Waals surface area contributed by atoms with Gasteiger partial charge in [-0.15, -0.1) is 10.2 Å². The Morgan fingerprint density at radius 1 is 1.29 bits per heavy atom. The van der Waals surface area contributed by atoms with E-state index in [1.807, 2.05) is 23.9 Å². The Hall–Kier alpha value is -1.55. The Morgan fingerprint density at radius 3 is 2.81 bits per heavy atom. The average molecular weight is 462 g/mol. The fourth-order valence-electron chi connectivity index (χ4n) is 4.28. The van der Waals surface area contributed by atoms with Crippen molar-refractivity contribution in [3.05, 3.63) is 29.8 Å². The second kappa shape index (κ2) is 10.4. The molecule has 0 spiro atoms. The summed E-state index contributed by atoms with van der Waals surface area (Å²) < 4.78 is 7.61. The largest absolute Gasteiger partial charge is 0.379 e. The summed E-state index contributed by atoms with van der Waals surface area (Å²) in [6.45, 7) is 9.10. The highest BCUT2D eigenvalue weighted by Crippen LogP contribution is 2.33. The van der Waals surface area contributed by atoms with Crippen molar-refractivity contribution in [2.24, 2.45) is 0 Å². The third-order valence-electron chi connectivity index (χ3n) is 6.13. The van der Waals surface area contributed by atoms with Crippen LogP contribution in [0.3, 0.4) is 0 Å². The van der Waals surface area contributed by atoms with Gasteiger partial charge in [0.2, 0.25) is 5.91 Å². The lowest BCUT2D eigenvalue weighted by molar-refractivity contribution is -0.119. The first-order chi connectivity index (χ1) is 15.1. The van der Waals surface area contributed by atoms with E-state index < -0.39 is 0 Å². The molecule has 2 aromatic rings. The highest BCUT2D eigenvalue weighted by molar-refractivity contribution is 8.00. The Kier molecular flexibility index (Phi) is 7.58. The van der Waals surface area contributed by atoms with Gasteiger partial charge in [0.1, 0.15) is 0 Å². The highest BCUT2D eigenvalue weighted by Gasteiger charge is 2.40. The molecule has 0 aliphatic carbocycles. The molecule has 2 aliphatic rings. The Bertz CT molecular complexity index is 892. The minimum atomic E-state index is 0.0534. The lowest BCUT2D eigenvalue weighted by Gasteiger charge is -2.43. The van der Waals surface area contributed by atoms with Crippen LogP contribution >= 0.6 is 23.5 Å². The number of hydrogen-bond acceptors (Lipinski definition) is 7. The van der Waals surface area contributed by atoms with Gasteiger partial charge in [-0.2, -0.15) is 11.8 Å². The predicted molar refractivity (Wildman–Crippen MR) is 127 cm³/mol. The predicted octanol–water partition coefficient (Wildman–Crippen LogP) is 2.69. The van der Waals surface area contributed by atoms with Crippen molar-refractivity contribution < 1.29 is 9.53 Å². The van der Waals surface area contributed by atoms with Crippen molar-refractivity contribution in [1.82, 2.24) is 25.0 Å². The normalized spacial score (nSPS) is 22.0. The minimum absolute atomic E-state index is 0.0534. The topological polar surface area (TPSA) is 72.3 Å². The third kappa shape index (κ3) is 5.10. The molecule has 7 nitrogen and oxygen atoms in total. The van der Waals surface area contributed by atoms with Crippen LogP contribution in [-0.4, -0.2) is 81.2 Å². The summed E-state index contributed by atoms with van der Waals surface area (Å²) in [4.78, 5) is 15.2. The maximum atomic E-state index is 12.7. The summed E-state index contributed by atoms with van der Waals surface area (Å²) in [5.74, 6) is 3.49. The van der Waals surface area contributed by atoms with Gasteiger partial charge < -0.3 is 14.6 Å². The van der Waals surface area contributed by atoms with Gasteiger partial charge >= 0.3 is 0 Å². The summed E-state index contributed by atoms with van der Waals surface area (Å²) in [6.07, 6.45) is 1.12. The standard InChI is InChI=1S/C22H31N5O2S2/c1-3-27-20(18-7-5-4-6-17(18)2)24-25-21(27)31-14-19(28)23-15-22(8-13-30-16-22)26-9-11-29-12-10-26/h4-7H,3,8-16H2,1-2H3,(H,23,28). The molecule has 31 heavy (non-hydrogen) atoms. The number of nitrogens with zero attached hydrogens (tertiary/aromatic N) is 4. The minimum Gasteiger partial charge on any atom is -0.379 e. The molecular weight excluding hydrogens is 430 g/mol. The monoisotopic (exact) mass is 461 g/mol. The first-order valence-corrected chi connectivity index (χ1v) is 13.1. The lowest BCUT2D eigenvalue weighted by atomic mass is 9.95. The van der Waals surface area contributed by atoms with Crippen LogP contribution < -0.4 is 5.32 Å². The number of morpholine rings is 1. The molecule has 1 N–H and O–H groups in total. The molecule has 0 saturated carbocycles. The van der Waals surface area contributed by atoms with E-state index in [2.05, 4.69) is 51.0 Å². The van der Waals surface area contributed by atoms with Crippen molar-refractivity contribution in [2.45, 2.75) is 37.5 Å². The maximum absolute atomic E-state index is 12.7. The average Bonchev–Trinajstić information content (AvgIpc) is 3.45. The quantitative estimate of drug-likeness (QED) is 0.606. The van der Waals surface area contributed by atoms with E-state index in [4.69, 9.17) is 4.74 Å². The summed E-state index contributed by atoms with van der Waals surface area (Å²) in [5.41, 5.74) is 2.32. The molecule has 3 heterocycles. The Morgan fingerprint density at radius 2 is 2.10 bits per heavy atom. The lowest BCUT2D eigenvalue weighted by Crippen LogP contribution is -2.59. The number of benzene rings is 1. The molecule has 1 aromatic heterocycles. The van der Waals surface area contributed by atoms with Gasteiger partial charge in [0.15, 0.2) is 11.0 Å². The van der Waals surface area contributed by atoms with Gasteiger partial charge in [0.05, 0.1) is 19.0 Å². The summed E-state index contributed by atoms with van der Waals surface area (Å²) in [6, 6.07) is 8.19. The van der Waals surface area contributed by atoms with E-state index in [9.17, 15) is 4.79 Å². The number of carbonyl (C=O) groups is 1. The molecule has 2 fully saturated rings. The van der Waals surface area contributed by atoms with E-state index in [1.165, 1.54) is 17.3 Å². The second-order valence-electron chi connectivity index (χ2n) is 8.06. The molecule has 2 saturated heterocycles. The number of ether oxygens (including phenoxy) is 1. The molecule has 0 bridgehead atoms. The van der Waals surface area contributed by atoms with Crippen molar-refractivity contribution in [3.63, 3.8) is 0 Å². The van der Waals surface area contributed by atoms with Crippen LogP contribution in [0.2, 0.25) is 0 Å². The van der Waals surface area contributed by atoms with E-state index >= 15 is 0 Å². The summed E-state index contributed by atoms with van der Waals surface area (Å²) in [5, 5.41) is 12.8. The molecule has 9 heteroatoms. The number of amides is 1. The summed E-state index contributed by atoms with van der Waals surface area (Å²) >= 11 is 3.44. The molecule has 1 atom stereocenters. The van der Waals surface area contributed by atoms with Crippen LogP contribution in [0.15, 0.2) is 29.4 Å². The SMILES string of the molecule is CCn1c(SCC(=O)NCC2(N3CCOCC3)CCSC2)nnc1-c1ccccc1C. The van der Waals surface area contributed by atoms with Gasteiger partial charge in [-0.1, -0.05) is 36.0 Å². The van der Waals surface area contributed by atoms with Crippen LogP contribution in [0.5, 0.6) is 0 Å². The number of nitrogens with one attached hydrogen (secondary N) is 1. The van der Waals surface area contributed by atoms with E-state index in [1.54, 1.807) is 0 Å². The first-order valence-electron chi connectivity index (χ1n) is 10.9. The fraction of sp³-hybridized carbons (Fsp3) is 0.591. The molecular formula is C22H31N5O2S2. The van der Waals surface area contributed by atoms with Gasteiger partial charge in [0, 0.05) is 43.0 Å². The zero-order valence-electron chi connectivity index (χ0n) is 18.3. The molecule has 1 unspecified atom stereocenters. The smallest absolute Gasteiger partial charge is 0.230 e. The summed E-state index contributed by atoms with van der Waals surface area (Å²) in [7, 11) is 0. The number of carbonyl (C=O) groups excluding carboxylic acids is 1. The van der Waals surface area contributed by atoms with Crippen LogP contribution in [0.4, 0.5) is 0 Å². The molecule has 1 aromatic carbocycles.